The summed E-state index contributed by atoms with van der Waals surface area (Å²) in [7, 11) is 1.75. The second-order valence-electron chi connectivity index (χ2n) is 5.92. The molecular formula is C19H16N6O2. The molecule has 0 unspecified atom stereocenters. The van der Waals surface area contributed by atoms with E-state index in [1.807, 2.05) is 6.07 Å². The third-order valence-corrected chi connectivity index (χ3v) is 3.93. The molecule has 0 aliphatic rings. The molecule has 0 saturated heterocycles. The minimum Gasteiger partial charge on any atom is -0.456 e. The summed E-state index contributed by atoms with van der Waals surface area (Å²) in [6, 6.07) is 10.6. The van der Waals surface area contributed by atoms with Crippen molar-refractivity contribution in [1.29, 1.82) is 0 Å². The van der Waals surface area contributed by atoms with Crippen molar-refractivity contribution in [3.63, 3.8) is 0 Å². The van der Waals surface area contributed by atoms with E-state index in [-0.39, 0.29) is 5.56 Å². The Hall–Kier alpha value is -3.81. The van der Waals surface area contributed by atoms with Crippen molar-refractivity contribution < 1.29 is 4.74 Å². The summed E-state index contributed by atoms with van der Waals surface area (Å²) in [6.07, 6.45) is 6.55. The molecule has 0 radical (unpaired) electrons. The normalized spacial score (nSPS) is 10.7. The van der Waals surface area contributed by atoms with Crippen LogP contribution in [-0.4, -0.2) is 29.5 Å². The van der Waals surface area contributed by atoms with Crippen molar-refractivity contribution in [1.82, 2.24) is 29.5 Å². The summed E-state index contributed by atoms with van der Waals surface area (Å²) >= 11 is 0. The zero-order chi connectivity index (χ0) is 18.8. The van der Waals surface area contributed by atoms with E-state index in [2.05, 4.69) is 20.2 Å². The summed E-state index contributed by atoms with van der Waals surface area (Å²) in [5.74, 6) is 1.69. The quantitative estimate of drug-likeness (QED) is 0.556. The van der Waals surface area contributed by atoms with Gasteiger partial charge in [0.15, 0.2) is 0 Å². The van der Waals surface area contributed by atoms with Gasteiger partial charge in [0, 0.05) is 31.1 Å². The first-order valence-electron chi connectivity index (χ1n) is 8.25. The van der Waals surface area contributed by atoms with Crippen LogP contribution in [0.3, 0.4) is 0 Å². The number of aromatic nitrogens is 6. The maximum Gasteiger partial charge on any atom is 0.259 e. The van der Waals surface area contributed by atoms with E-state index >= 15 is 0 Å². The Morgan fingerprint density at radius 1 is 1.00 bits per heavy atom. The lowest BCUT2D eigenvalue weighted by Gasteiger charge is -2.08. The highest BCUT2D eigenvalue weighted by Gasteiger charge is 2.07. The fourth-order valence-electron chi connectivity index (χ4n) is 2.57. The fraction of sp³-hybridized carbons (Fsp3) is 0.105. The van der Waals surface area contributed by atoms with Crippen LogP contribution < -0.4 is 10.3 Å². The predicted molar refractivity (Wildman–Crippen MR) is 98.9 cm³/mol. The third-order valence-electron chi connectivity index (χ3n) is 3.93. The number of rotatable bonds is 4. The van der Waals surface area contributed by atoms with Gasteiger partial charge in [0.1, 0.15) is 23.0 Å². The van der Waals surface area contributed by atoms with Gasteiger partial charge in [0.2, 0.25) is 0 Å². The number of hydrogen-bond donors (Lipinski definition) is 0. The molecule has 8 heteroatoms. The summed E-state index contributed by atoms with van der Waals surface area (Å²) in [4.78, 5) is 22.3. The molecular weight excluding hydrogens is 344 g/mol. The highest BCUT2D eigenvalue weighted by molar-refractivity contribution is 5.54. The first kappa shape index (κ1) is 16.6. The molecule has 0 aromatic carbocycles. The number of nitrogens with zero attached hydrogens (tertiary/aromatic N) is 6. The van der Waals surface area contributed by atoms with E-state index in [0.717, 1.165) is 0 Å². The van der Waals surface area contributed by atoms with Crippen LogP contribution in [0.2, 0.25) is 0 Å². The van der Waals surface area contributed by atoms with Crippen LogP contribution in [-0.2, 0) is 7.05 Å². The minimum atomic E-state index is -0.0959. The lowest BCUT2D eigenvalue weighted by molar-refractivity contribution is 0.479. The summed E-state index contributed by atoms with van der Waals surface area (Å²) in [5.41, 5.74) is 1.89. The Bertz CT molecular complexity index is 1150. The molecule has 0 bridgehead atoms. The Kier molecular flexibility index (Phi) is 4.21. The molecule has 4 aromatic heterocycles. The van der Waals surface area contributed by atoms with Gasteiger partial charge in [-0.1, -0.05) is 6.07 Å². The SMILES string of the molecule is Cc1cccn(-c2ccc(Oc3ccnc(-c4cnn(C)n4)c3)cn2)c1=O. The molecule has 0 amide bonds. The molecule has 0 fully saturated rings. The average molecular weight is 360 g/mol. The van der Waals surface area contributed by atoms with Crippen LogP contribution in [0.15, 0.2) is 66.0 Å². The van der Waals surface area contributed by atoms with E-state index < -0.39 is 0 Å². The summed E-state index contributed by atoms with van der Waals surface area (Å²) < 4.78 is 7.35. The molecule has 4 heterocycles. The van der Waals surface area contributed by atoms with Gasteiger partial charge in [-0.15, -0.1) is 0 Å². The van der Waals surface area contributed by atoms with Gasteiger partial charge in [-0.05, 0) is 31.2 Å². The third kappa shape index (κ3) is 3.45. The molecule has 27 heavy (non-hydrogen) atoms. The first-order valence-corrected chi connectivity index (χ1v) is 8.25. The topological polar surface area (TPSA) is 87.7 Å². The fourth-order valence-corrected chi connectivity index (χ4v) is 2.57. The van der Waals surface area contributed by atoms with Crippen LogP contribution in [0.25, 0.3) is 17.2 Å². The molecule has 8 nitrogen and oxygen atoms in total. The van der Waals surface area contributed by atoms with E-state index in [0.29, 0.717) is 34.3 Å². The van der Waals surface area contributed by atoms with E-state index in [4.69, 9.17) is 4.74 Å². The van der Waals surface area contributed by atoms with Gasteiger partial charge in [-0.2, -0.15) is 15.0 Å². The van der Waals surface area contributed by atoms with Gasteiger partial charge in [0.05, 0.1) is 18.1 Å². The Morgan fingerprint density at radius 3 is 2.63 bits per heavy atom. The molecule has 0 spiro atoms. The predicted octanol–water partition coefficient (Wildman–Crippen LogP) is 2.52. The molecule has 0 aliphatic heterocycles. The van der Waals surface area contributed by atoms with E-state index in [9.17, 15) is 4.79 Å². The van der Waals surface area contributed by atoms with Gasteiger partial charge in [-0.3, -0.25) is 14.3 Å². The molecule has 4 aromatic rings. The van der Waals surface area contributed by atoms with Crippen molar-refractivity contribution in [3.8, 4) is 28.7 Å². The van der Waals surface area contributed by atoms with Crippen molar-refractivity contribution in [3.05, 3.63) is 77.1 Å². The minimum absolute atomic E-state index is 0.0959. The highest BCUT2D eigenvalue weighted by atomic mass is 16.5. The second kappa shape index (κ2) is 6.83. The number of ether oxygens (including phenoxy) is 1. The van der Waals surface area contributed by atoms with Crippen LogP contribution in [0, 0.1) is 6.92 Å². The van der Waals surface area contributed by atoms with Gasteiger partial charge < -0.3 is 4.74 Å². The Morgan fingerprint density at radius 2 is 1.89 bits per heavy atom. The van der Waals surface area contributed by atoms with Crippen molar-refractivity contribution in [2.24, 2.45) is 7.05 Å². The van der Waals surface area contributed by atoms with Crippen molar-refractivity contribution in [2.75, 3.05) is 0 Å². The maximum atomic E-state index is 12.2. The standard InChI is InChI=1S/C19H16N6O2/c1-13-4-3-9-25(19(13)26)18-6-5-15(11-21-18)27-14-7-8-20-16(10-14)17-12-22-24(2)23-17/h3-12H,1-2H3. The van der Waals surface area contributed by atoms with Crippen molar-refractivity contribution in [2.45, 2.75) is 6.92 Å². The van der Waals surface area contributed by atoms with Crippen LogP contribution in [0.1, 0.15) is 5.56 Å². The van der Waals surface area contributed by atoms with Gasteiger partial charge >= 0.3 is 0 Å². The molecule has 0 N–H and O–H groups in total. The largest absolute Gasteiger partial charge is 0.456 e. The Balaban J connectivity index is 1.57. The lowest BCUT2D eigenvalue weighted by atomic mass is 10.3. The molecule has 0 aliphatic carbocycles. The summed E-state index contributed by atoms with van der Waals surface area (Å²) in [5, 5.41) is 8.28. The van der Waals surface area contributed by atoms with Gasteiger partial charge in [0.25, 0.3) is 5.56 Å². The Labute approximate surface area is 154 Å². The number of pyridine rings is 3. The highest BCUT2D eigenvalue weighted by Crippen LogP contribution is 2.24. The maximum absolute atomic E-state index is 12.2. The second-order valence-corrected chi connectivity index (χ2v) is 5.92. The zero-order valence-electron chi connectivity index (χ0n) is 14.8. The molecule has 134 valence electrons. The van der Waals surface area contributed by atoms with Gasteiger partial charge in [-0.25, -0.2) is 4.98 Å². The molecule has 4 rings (SSSR count). The lowest BCUT2D eigenvalue weighted by Crippen LogP contribution is -2.20. The zero-order valence-corrected chi connectivity index (χ0v) is 14.8. The average Bonchev–Trinajstić information content (AvgIpc) is 3.12. The molecule has 0 saturated carbocycles. The van der Waals surface area contributed by atoms with Crippen LogP contribution in [0.4, 0.5) is 0 Å². The first-order chi connectivity index (χ1) is 13.1. The van der Waals surface area contributed by atoms with Crippen molar-refractivity contribution >= 4 is 0 Å². The summed E-state index contributed by atoms with van der Waals surface area (Å²) in [6.45, 7) is 1.77. The molecule has 0 atom stereocenters. The van der Waals surface area contributed by atoms with Crippen LogP contribution >= 0.6 is 0 Å². The smallest absolute Gasteiger partial charge is 0.259 e. The van der Waals surface area contributed by atoms with E-state index in [1.54, 1.807) is 69.1 Å². The number of hydrogen-bond acceptors (Lipinski definition) is 6. The van der Waals surface area contributed by atoms with Crippen LogP contribution in [0.5, 0.6) is 11.5 Å². The monoisotopic (exact) mass is 360 g/mol. The van der Waals surface area contributed by atoms with E-state index in [1.165, 1.54) is 9.36 Å². The number of aryl methyl sites for hydroxylation is 2.